The predicted octanol–water partition coefficient (Wildman–Crippen LogP) is 8.34. The minimum absolute atomic E-state index is 0.0490. The van der Waals surface area contributed by atoms with Crippen molar-refractivity contribution in [3.8, 4) is 11.4 Å². The molecule has 0 radical (unpaired) electrons. The Morgan fingerprint density at radius 3 is 2.47 bits per heavy atom. The number of aliphatic hydroxyl groups excluding tert-OH is 1. The van der Waals surface area contributed by atoms with Gasteiger partial charge in [0, 0.05) is 0 Å². The van der Waals surface area contributed by atoms with E-state index in [0.29, 0.717) is 35.1 Å². The van der Waals surface area contributed by atoms with Gasteiger partial charge in [-0.3, -0.25) is 4.79 Å². The lowest BCUT2D eigenvalue weighted by Gasteiger charge is -2.72. The minimum Gasteiger partial charge on any atom is -0.494 e. The van der Waals surface area contributed by atoms with Crippen molar-refractivity contribution in [2.24, 2.45) is 56.7 Å². The van der Waals surface area contributed by atoms with Crippen molar-refractivity contribution in [1.29, 1.82) is 0 Å². The Kier molecular flexibility index (Phi) is 7.82. The molecule has 5 aliphatic carbocycles. The van der Waals surface area contributed by atoms with Crippen molar-refractivity contribution in [3.05, 3.63) is 48.3 Å². The van der Waals surface area contributed by atoms with E-state index in [1.54, 1.807) is 11.8 Å². The number of ether oxygens (including phenoxy) is 2. The van der Waals surface area contributed by atoms with Crippen LogP contribution in [0.4, 0.5) is 0 Å². The number of fused-ring (bicyclic) bond motifs is 7. The molecule has 0 unspecified atom stereocenters. The number of benzene rings is 1. The molecule has 1 heterocycles. The summed E-state index contributed by atoms with van der Waals surface area (Å²) in [7, 11) is 1.64. The Morgan fingerprint density at radius 2 is 1.72 bits per heavy atom. The molecule has 5 aliphatic rings. The number of aromatic nitrogens is 3. The summed E-state index contributed by atoms with van der Waals surface area (Å²) in [5, 5.41) is 19.7. The van der Waals surface area contributed by atoms with Crippen molar-refractivity contribution in [2.45, 2.75) is 118 Å². The van der Waals surface area contributed by atoms with E-state index in [1.165, 1.54) is 31.3 Å². The number of allylic oxidation sites excluding steroid dienone is 1. The van der Waals surface area contributed by atoms with Gasteiger partial charge in [0.25, 0.3) is 0 Å². The molecule has 10 atom stereocenters. The highest BCUT2D eigenvalue weighted by molar-refractivity contribution is 5.78. The van der Waals surface area contributed by atoms with Crippen molar-refractivity contribution >= 4 is 5.97 Å². The van der Waals surface area contributed by atoms with Crippen molar-refractivity contribution < 1.29 is 19.4 Å². The predicted molar refractivity (Wildman–Crippen MR) is 183 cm³/mol. The first-order valence-corrected chi connectivity index (χ1v) is 18.3. The highest BCUT2D eigenvalue weighted by Crippen LogP contribution is 2.77. The fourth-order valence-corrected chi connectivity index (χ4v) is 13.1. The Labute approximate surface area is 281 Å². The van der Waals surface area contributed by atoms with Gasteiger partial charge < -0.3 is 14.6 Å². The lowest BCUT2D eigenvalue weighted by molar-refractivity contribution is -0.248. The van der Waals surface area contributed by atoms with Crippen molar-refractivity contribution in [1.82, 2.24) is 15.0 Å². The third kappa shape index (κ3) is 4.57. The van der Waals surface area contributed by atoms with Crippen LogP contribution in [0.5, 0.6) is 5.75 Å². The van der Waals surface area contributed by atoms with Gasteiger partial charge in [0.1, 0.15) is 23.7 Å². The molecular formula is C40H57N3O4. The van der Waals surface area contributed by atoms with Crippen LogP contribution in [0.1, 0.15) is 111 Å². The van der Waals surface area contributed by atoms with Gasteiger partial charge in [0.2, 0.25) is 0 Å². The quantitative estimate of drug-likeness (QED) is 0.252. The molecule has 1 aromatic carbocycles. The molecule has 5 fully saturated rings. The largest absolute Gasteiger partial charge is 0.494 e. The Morgan fingerprint density at radius 1 is 0.957 bits per heavy atom. The average Bonchev–Trinajstić information content (AvgIpc) is 3.68. The molecule has 256 valence electrons. The van der Waals surface area contributed by atoms with Crippen LogP contribution in [0.15, 0.2) is 42.6 Å². The number of methoxy groups -OCH3 is 1. The zero-order valence-electron chi connectivity index (χ0n) is 29.8. The van der Waals surface area contributed by atoms with E-state index in [4.69, 9.17) is 9.47 Å². The lowest BCUT2D eigenvalue weighted by atomic mass is 9.32. The van der Waals surface area contributed by atoms with E-state index in [-0.39, 0.29) is 46.3 Å². The number of hydrogen-bond acceptors (Lipinski definition) is 6. The standard InChI is InChI=1S/C40H57N3O4/c1-25(2)27-15-20-40(35(45)47-24-26-23-43(42-41-26)29-11-9-10-12-30(29)46-8)22-21-38(6)28(34(27)40)13-14-32-37(5)18-17-33(44)36(3,4)31(37)16-19-39(32,38)7/h9-12,23,27-28,31-34,44H,1,13-22,24H2,2-8H3/t27-,28+,31-,32+,33-,34+,37-,38+,39+,40-/m0/s1. The molecule has 1 N–H and O–H groups in total. The summed E-state index contributed by atoms with van der Waals surface area (Å²) in [6, 6.07) is 7.69. The lowest BCUT2D eigenvalue weighted by Crippen LogP contribution is -2.67. The molecule has 7 rings (SSSR count). The topological polar surface area (TPSA) is 86.5 Å². The number of aliphatic hydroxyl groups is 1. The second-order valence-electron chi connectivity index (χ2n) is 17.6. The minimum atomic E-state index is -0.478. The molecule has 7 heteroatoms. The molecule has 0 spiro atoms. The normalized spacial score (nSPS) is 42.0. The summed E-state index contributed by atoms with van der Waals surface area (Å²) in [4.78, 5) is 14.5. The highest BCUT2D eigenvalue weighted by Gasteiger charge is 2.72. The number of para-hydroxylation sites is 2. The van der Waals surface area contributed by atoms with E-state index in [2.05, 4.69) is 58.4 Å². The van der Waals surface area contributed by atoms with Gasteiger partial charge in [-0.05, 0) is 135 Å². The number of carbonyl (C=O) groups is 1. The van der Waals surface area contributed by atoms with Gasteiger partial charge in [0.05, 0.1) is 24.8 Å². The average molecular weight is 644 g/mol. The van der Waals surface area contributed by atoms with E-state index in [0.717, 1.165) is 44.2 Å². The molecule has 5 saturated carbocycles. The number of esters is 1. The highest BCUT2D eigenvalue weighted by atomic mass is 16.5. The summed E-state index contributed by atoms with van der Waals surface area (Å²) in [6.07, 6.45) is 12.3. The maximum absolute atomic E-state index is 14.5. The van der Waals surface area contributed by atoms with Gasteiger partial charge in [-0.2, -0.15) is 0 Å². The van der Waals surface area contributed by atoms with Crippen LogP contribution in [0.3, 0.4) is 0 Å². The second-order valence-corrected chi connectivity index (χ2v) is 17.6. The summed E-state index contributed by atoms with van der Waals surface area (Å²) in [5.41, 5.74) is 2.71. The second kappa shape index (κ2) is 11.2. The van der Waals surface area contributed by atoms with Crippen LogP contribution in [0.2, 0.25) is 0 Å². The maximum Gasteiger partial charge on any atom is 0.312 e. The van der Waals surface area contributed by atoms with Gasteiger partial charge in [-0.1, -0.05) is 64.1 Å². The number of rotatable bonds is 6. The van der Waals surface area contributed by atoms with E-state index >= 15 is 0 Å². The SMILES string of the molecule is C=C(C)[C@@H]1CC[C@]2(C(=O)OCc3cn(-c4ccccc4OC)nn3)CC[C@]3(C)[C@H](CC[C@@H]4[C@@]5(C)CC[C@H](O)C(C)(C)[C@@H]5CC[C@]43C)[C@@H]12. The van der Waals surface area contributed by atoms with Crippen LogP contribution in [0.25, 0.3) is 5.69 Å². The van der Waals surface area contributed by atoms with Gasteiger partial charge in [-0.25, -0.2) is 4.68 Å². The number of nitrogens with zero attached hydrogens (tertiary/aromatic N) is 3. The maximum atomic E-state index is 14.5. The van der Waals surface area contributed by atoms with Gasteiger partial charge in [0.15, 0.2) is 0 Å². The van der Waals surface area contributed by atoms with Crippen LogP contribution in [-0.4, -0.2) is 39.3 Å². The molecule has 7 nitrogen and oxygen atoms in total. The third-order valence-electron chi connectivity index (χ3n) is 15.7. The molecule has 0 aliphatic heterocycles. The molecule has 47 heavy (non-hydrogen) atoms. The summed E-state index contributed by atoms with van der Waals surface area (Å²) in [5.74, 6) is 2.90. The fraction of sp³-hybridized carbons (Fsp3) is 0.725. The van der Waals surface area contributed by atoms with Crippen LogP contribution < -0.4 is 4.74 Å². The Balaban J connectivity index is 1.16. The Hall–Kier alpha value is -2.67. The smallest absolute Gasteiger partial charge is 0.312 e. The molecule has 0 saturated heterocycles. The van der Waals surface area contributed by atoms with Crippen LogP contribution in [0, 0.1) is 56.7 Å². The van der Waals surface area contributed by atoms with E-state index in [1.807, 2.05) is 30.5 Å². The first-order chi connectivity index (χ1) is 22.2. The zero-order chi connectivity index (χ0) is 33.6. The monoisotopic (exact) mass is 643 g/mol. The molecular weight excluding hydrogens is 586 g/mol. The van der Waals surface area contributed by atoms with E-state index in [9.17, 15) is 9.90 Å². The molecule has 0 bridgehead atoms. The first kappa shape index (κ1) is 32.9. The Bertz CT molecular complexity index is 1550. The first-order valence-electron chi connectivity index (χ1n) is 18.3. The van der Waals surface area contributed by atoms with Crippen LogP contribution in [-0.2, 0) is 16.1 Å². The number of carbonyl (C=O) groups excluding carboxylic acids is 1. The van der Waals surface area contributed by atoms with Gasteiger partial charge in [-0.15, -0.1) is 5.10 Å². The fourth-order valence-electron chi connectivity index (χ4n) is 13.1. The van der Waals surface area contributed by atoms with Crippen molar-refractivity contribution in [3.63, 3.8) is 0 Å². The molecule has 2 aromatic rings. The molecule has 0 amide bonds. The molecule has 1 aromatic heterocycles. The zero-order valence-corrected chi connectivity index (χ0v) is 29.8. The third-order valence-corrected chi connectivity index (χ3v) is 15.7. The number of hydrogen-bond donors (Lipinski definition) is 1. The van der Waals surface area contributed by atoms with Gasteiger partial charge >= 0.3 is 5.97 Å². The van der Waals surface area contributed by atoms with Crippen molar-refractivity contribution in [2.75, 3.05) is 7.11 Å². The van der Waals surface area contributed by atoms with E-state index < -0.39 is 5.41 Å². The summed E-state index contributed by atoms with van der Waals surface area (Å²) in [6.45, 7) is 19.3. The summed E-state index contributed by atoms with van der Waals surface area (Å²) >= 11 is 0. The summed E-state index contributed by atoms with van der Waals surface area (Å²) < 4.78 is 13.4. The van der Waals surface area contributed by atoms with Crippen LogP contribution >= 0.6 is 0 Å².